The van der Waals surface area contributed by atoms with Crippen LogP contribution in [0, 0.1) is 0 Å². The van der Waals surface area contributed by atoms with E-state index in [1.54, 1.807) is 0 Å². The van der Waals surface area contributed by atoms with Gasteiger partial charge in [0.05, 0.1) is 0 Å². The van der Waals surface area contributed by atoms with Gasteiger partial charge in [-0.25, -0.2) is 4.79 Å². The zero-order valence-electron chi connectivity index (χ0n) is 12.8. The molecule has 5 heteroatoms. The first kappa shape index (κ1) is 16.2. The number of anilines is 2. The molecule has 0 spiro atoms. The van der Waals surface area contributed by atoms with Crippen molar-refractivity contribution in [2.75, 3.05) is 30.9 Å². The molecule has 0 aliphatic carbocycles. The highest BCUT2D eigenvalue weighted by Gasteiger charge is 2.02. The van der Waals surface area contributed by atoms with Gasteiger partial charge in [-0.2, -0.15) is 0 Å². The zero-order valence-corrected chi connectivity index (χ0v) is 13.5. The van der Waals surface area contributed by atoms with Crippen LogP contribution in [0.1, 0.15) is 5.56 Å². The van der Waals surface area contributed by atoms with E-state index in [0.29, 0.717) is 11.6 Å². The molecule has 0 saturated heterocycles. The third-order valence-corrected chi connectivity index (χ3v) is 3.46. The summed E-state index contributed by atoms with van der Waals surface area (Å²) < 4.78 is 0. The second-order valence-corrected chi connectivity index (χ2v) is 5.64. The number of nitrogens with one attached hydrogen (secondary N) is 2. The Kier molecular flexibility index (Phi) is 5.67. The van der Waals surface area contributed by atoms with Crippen molar-refractivity contribution in [1.82, 2.24) is 5.32 Å². The number of hydrogen-bond acceptors (Lipinski definition) is 2. The molecule has 2 aromatic rings. The summed E-state index contributed by atoms with van der Waals surface area (Å²) in [6, 6.07) is 15.1. The molecule has 2 N–H and O–H groups in total. The first-order chi connectivity index (χ1) is 10.5. The molecule has 0 bridgehead atoms. The van der Waals surface area contributed by atoms with Gasteiger partial charge in [0.1, 0.15) is 0 Å². The fraction of sp³-hybridized carbons (Fsp3) is 0.235. The molecule has 2 rings (SSSR count). The quantitative estimate of drug-likeness (QED) is 0.881. The van der Waals surface area contributed by atoms with Crippen LogP contribution in [-0.4, -0.2) is 26.7 Å². The normalized spacial score (nSPS) is 10.1. The second-order valence-electron chi connectivity index (χ2n) is 5.20. The van der Waals surface area contributed by atoms with Crippen LogP contribution in [0.2, 0.25) is 5.02 Å². The molecule has 0 unspecified atom stereocenters. The van der Waals surface area contributed by atoms with Gasteiger partial charge in [-0.15, -0.1) is 0 Å². The summed E-state index contributed by atoms with van der Waals surface area (Å²) in [5, 5.41) is 6.36. The Bertz CT molecular complexity index is 626. The van der Waals surface area contributed by atoms with E-state index >= 15 is 0 Å². The van der Waals surface area contributed by atoms with Crippen LogP contribution >= 0.6 is 11.6 Å². The topological polar surface area (TPSA) is 44.4 Å². The maximum absolute atomic E-state index is 11.8. The van der Waals surface area contributed by atoms with Crippen LogP contribution in [0.4, 0.5) is 16.2 Å². The van der Waals surface area contributed by atoms with Crippen LogP contribution in [0.3, 0.4) is 0 Å². The molecule has 0 heterocycles. The molecule has 0 atom stereocenters. The molecular formula is C17H20ClN3O. The first-order valence-electron chi connectivity index (χ1n) is 7.11. The Hall–Kier alpha value is -2.20. The van der Waals surface area contributed by atoms with Crippen LogP contribution in [0.5, 0.6) is 0 Å². The number of halogens is 1. The molecule has 116 valence electrons. The molecule has 0 fully saturated rings. The number of rotatable bonds is 5. The lowest BCUT2D eigenvalue weighted by Crippen LogP contribution is -2.30. The minimum Gasteiger partial charge on any atom is -0.378 e. The van der Waals surface area contributed by atoms with Gasteiger partial charge < -0.3 is 15.5 Å². The van der Waals surface area contributed by atoms with Crippen molar-refractivity contribution >= 4 is 29.0 Å². The van der Waals surface area contributed by atoms with E-state index < -0.39 is 0 Å². The van der Waals surface area contributed by atoms with Crippen LogP contribution < -0.4 is 15.5 Å². The van der Waals surface area contributed by atoms with E-state index in [4.69, 9.17) is 11.6 Å². The van der Waals surface area contributed by atoms with E-state index in [-0.39, 0.29) is 6.03 Å². The molecule has 0 aliphatic rings. The lowest BCUT2D eigenvalue weighted by atomic mass is 10.1. The van der Waals surface area contributed by atoms with Gasteiger partial charge in [0.2, 0.25) is 0 Å². The third-order valence-electron chi connectivity index (χ3n) is 3.23. The van der Waals surface area contributed by atoms with Crippen molar-refractivity contribution < 1.29 is 4.79 Å². The minimum absolute atomic E-state index is 0.209. The summed E-state index contributed by atoms with van der Waals surface area (Å²) in [5.74, 6) is 0. The molecule has 0 radical (unpaired) electrons. The Balaban J connectivity index is 1.78. The average molecular weight is 318 g/mol. The van der Waals surface area contributed by atoms with Crippen LogP contribution in [0.15, 0.2) is 48.5 Å². The van der Waals surface area contributed by atoms with Crippen molar-refractivity contribution in [3.05, 3.63) is 59.1 Å². The largest absolute Gasteiger partial charge is 0.378 e. The highest BCUT2D eigenvalue weighted by molar-refractivity contribution is 6.30. The van der Waals surface area contributed by atoms with E-state index in [1.807, 2.05) is 67.5 Å². The number of amides is 2. The predicted molar refractivity (Wildman–Crippen MR) is 92.9 cm³/mol. The molecule has 2 aromatic carbocycles. The lowest BCUT2D eigenvalue weighted by Gasteiger charge is -2.13. The van der Waals surface area contributed by atoms with Gasteiger partial charge in [-0.05, 0) is 48.4 Å². The number of carbonyl (C=O) groups excluding carboxylic acids is 1. The third kappa shape index (κ3) is 4.97. The Morgan fingerprint density at radius 3 is 2.50 bits per heavy atom. The van der Waals surface area contributed by atoms with E-state index in [9.17, 15) is 4.79 Å². The van der Waals surface area contributed by atoms with E-state index in [0.717, 1.165) is 23.4 Å². The molecule has 0 aliphatic heterocycles. The Labute approximate surface area is 136 Å². The number of hydrogen-bond donors (Lipinski definition) is 2. The fourth-order valence-corrected chi connectivity index (χ4v) is 2.24. The summed E-state index contributed by atoms with van der Waals surface area (Å²) in [4.78, 5) is 13.8. The van der Waals surface area contributed by atoms with Crippen LogP contribution in [-0.2, 0) is 6.42 Å². The predicted octanol–water partition coefficient (Wildman–Crippen LogP) is 3.77. The fourth-order valence-electron chi connectivity index (χ4n) is 2.03. The maximum atomic E-state index is 11.8. The summed E-state index contributed by atoms with van der Waals surface area (Å²) in [7, 11) is 3.95. The van der Waals surface area contributed by atoms with Crippen LogP contribution in [0.25, 0.3) is 0 Å². The van der Waals surface area contributed by atoms with Gasteiger partial charge >= 0.3 is 6.03 Å². The van der Waals surface area contributed by atoms with Crippen molar-refractivity contribution in [3.63, 3.8) is 0 Å². The highest BCUT2D eigenvalue weighted by Crippen LogP contribution is 2.15. The van der Waals surface area contributed by atoms with Crippen molar-refractivity contribution in [3.8, 4) is 0 Å². The molecular weight excluding hydrogens is 298 g/mol. The van der Waals surface area contributed by atoms with Gasteiger partial charge in [0, 0.05) is 37.0 Å². The monoisotopic (exact) mass is 317 g/mol. The lowest BCUT2D eigenvalue weighted by molar-refractivity contribution is 0.252. The SMILES string of the molecule is CN(C)c1ccc(NC(=O)NCCc2cccc(Cl)c2)cc1. The second kappa shape index (κ2) is 7.71. The highest BCUT2D eigenvalue weighted by atomic mass is 35.5. The van der Waals surface area contributed by atoms with Gasteiger partial charge in [0.25, 0.3) is 0 Å². The van der Waals surface area contributed by atoms with Gasteiger partial charge in [0.15, 0.2) is 0 Å². The van der Waals surface area contributed by atoms with Crippen molar-refractivity contribution in [2.24, 2.45) is 0 Å². The van der Waals surface area contributed by atoms with E-state index in [2.05, 4.69) is 10.6 Å². The smallest absolute Gasteiger partial charge is 0.319 e. The van der Waals surface area contributed by atoms with E-state index in [1.165, 1.54) is 0 Å². The molecule has 0 saturated carbocycles. The molecule has 0 aromatic heterocycles. The van der Waals surface area contributed by atoms with Crippen molar-refractivity contribution in [1.29, 1.82) is 0 Å². The number of benzene rings is 2. The minimum atomic E-state index is -0.209. The maximum Gasteiger partial charge on any atom is 0.319 e. The number of urea groups is 1. The average Bonchev–Trinajstić information content (AvgIpc) is 2.48. The number of carbonyl (C=O) groups is 1. The van der Waals surface area contributed by atoms with Gasteiger partial charge in [-0.3, -0.25) is 0 Å². The summed E-state index contributed by atoms with van der Waals surface area (Å²) in [6.07, 6.45) is 0.744. The van der Waals surface area contributed by atoms with Crippen molar-refractivity contribution in [2.45, 2.75) is 6.42 Å². The summed E-state index contributed by atoms with van der Waals surface area (Å²) in [5.41, 5.74) is 2.96. The summed E-state index contributed by atoms with van der Waals surface area (Å²) in [6.45, 7) is 0.557. The zero-order chi connectivity index (χ0) is 15.9. The standard InChI is InChI=1S/C17H20ClN3O/c1-21(2)16-8-6-15(7-9-16)20-17(22)19-11-10-13-4-3-5-14(18)12-13/h3-9,12H,10-11H2,1-2H3,(H2,19,20,22). The number of nitrogens with zero attached hydrogens (tertiary/aromatic N) is 1. The summed E-state index contributed by atoms with van der Waals surface area (Å²) >= 11 is 5.93. The Morgan fingerprint density at radius 1 is 1.14 bits per heavy atom. The van der Waals surface area contributed by atoms with Gasteiger partial charge in [-0.1, -0.05) is 23.7 Å². The Morgan fingerprint density at radius 2 is 1.86 bits per heavy atom. The molecule has 4 nitrogen and oxygen atoms in total. The molecule has 2 amide bonds. The first-order valence-corrected chi connectivity index (χ1v) is 7.49. The molecule has 22 heavy (non-hydrogen) atoms.